The Balaban J connectivity index is 2.93. The summed E-state index contributed by atoms with van der Waals surface area (Å²) in [6.45, 7) is 2.34. The van der Waals surface area contributed by atoms with Crippen molar-refractivity contribution < 1.29 is 26.4 Å². The Morgan fingerprint density at radius 3 is 2.55 bits per heavy atom. The number of halogens is 3. The number of sulfonamides is 1. The number of alkyl halides is 3. The Labute approximate surface area is 114 Å². The van der Waals surface area contributed by atoms with Gasteiger partial charge in [0.05, 0.1) is 5.56 Å². The third kappa shape index (κ3) is 3.75. The predicted octanol–water partition coefficient (Wildman–Crippen LogP) is 1.98. The first kappa shape index (κ1) is 16.5. The number of aromatic nitrogens is 1. The molecule has 1 heterocycles. The van der Waals surface area contributed by atoms with E-state index in [4.69, 9.17) is 0 Å². The Hall–Kier alpha value is -1.51. The average molecular weight is 312 g/mol. The topological polar surface area (TPSA) is 79.0 Å². The number of carbonyl (C=O) groups is 1. The Kier molecular flexibility index (Phi) is 4.85. The van der Waals surface area contributed by atoms with Gasteiger partial charge in [0.25, 0.3) is 5.91 Å². The highest BCUT2D eigenvalue weighted by atomic mass is 32.2. The van der Waals surface area contributed by atoms with Crippen molar-refractivity contribution in [1.29, 1.82) is 0 Å². The molecule has 20 heavy (non-hydrogen) atoms. The molecule has 0 aromatic carbocycles. The molecule has 1 aromatic heterocycles. The highest BCUT2D eigenvalue weighted by Crippen LogP contribution is 2.25. The summed E-state index contributed by atoms with van der Waals surface area (Å²) in [6, 6.07) is 1.33. The van der Waals surface area contributed by atoms with Gasteiger partial charge in [-0.15, -0.1) is 0 Å². The maximum Gasteiger partial charge on any atom is 0.407 e. The third-order valence-corrected chi connectivity index (χ3v) is 4.41. The van der Waals surface area contributed by atoms with Crippen LogP contribution in [0.25, 0.3) is 0 Å². The van der Waals surface area contributed by atoms with Gasteiger partial charge in [-0.1, -0.05) is 13.3 Å². The number of hydrogen-bond acceptors (Lipinski definition) is 3. The van der Waals surface area contributed by atoms with E-state index in [1.54, 1.807) is 0 Å². The van der Waals surface area contributed by atoms with Gasteiger partial charge in [-0.05, 0) is 19.4 Å². The lowest BCUT2D eigenvalue weighted by atomic mass is 10.1. The van der Waals surface area contributed by atoms with Crippen LogP contribution < -0.4 is 4.72 Å². The number of amides is 1. The van der Waals surface area contributed by atoms with Gasteiger partial charge in [0, 0.05) is 11.9 Å². The van der Waals surface area contributed by atoms with Crippen molar-refractivity contribution in [2.45, 2.75) is 38.1 Å². The van der Waals surface area contributed by atoms with E-state index in [1.807, 2.05) is 6.92 Å². The molecule has 0 bridgehead atoms. The number of hydrogen-bond donors (Lipinski definition) is 2. The van der Waals surface area contributed by atoms with E-state index >= 15 is 0 Å². The molecule has 0 aliphatic rings. The zero-order valence-corrected chi connectivity index (χ0v) is 11.7. The molecule has 2 N–H and O–H groups in total. The van der Waals surface area contributed by atoms with E-state index < -0.39 is 27.4 Å². The van der Waals surface area contributed by atoms with E-state index in [2.05, 4.69) is 4.98 Å². The first-order valence-corrected chi connectivity index (χ1v) is 7.43. The summed E-state index contributed by atoms with van der Waals surface area (Å²) >= 11 is 0. The van der Waals surface area contributed by atoms with Gasteiger partial charge in [0.15, 0.2) is 5.25 Å². The van der Waals surface area contributed by atoms with Crippen molar-refractivity contribution in [3.05, 3.63) is 23.5 Å². The van der Waals surface area contributed by atoms with Crippen molar-refractivity contribution >= 4 is 15.9 Å². The standard InChI is InChI=1S/C11H15F3N2O3S/c1-3-4-9-8(5-6-15-9)10(17)16-20(18,19)7(2)11(12,13)14/h5-7,15H,3-4H2,1-2H3,(H,16,17). The summed E-state index contributed by atoms with van der Waals surface area (Å²) in [7, 11) is -4.81. The number of nitrogens with one attached hydrogen (secondary N) is 2. The zero-order valence-electron chi connectivity index (χ0n) is 10.9. The van der Waals surface area contributed by atoms with Gasteiger partial charge in [-0.2, -0.15) is 13.2 Å². The van der Waals surface area contributed by atoms with Crippen LogP contribution in [0.2, 0.25) is 0 Å². The summed E-state index contributed by atoms with van der Waals surface area (Å²) in [5, 5.41) is -2.66. The fraction of sp³-hybridized carbons (Fsp3) is 0.545. The Morgan fingerprint density at radius 1 is 1.45 bits per heavy atom. The molecule has 0 aliphatic heterocycles. The van der Waals surface area contributed by atoms with Crippen LogP contribution in [0.4, 0.5) is 13.2 Å². The lowest BCUT2D eigenvalue weighted by molar-refractivity contribution is -0.127. The van der Waals surface area contributed by atoms with Crippen LogP contribution in [0.1, 0.15) is 36.3 Å². The van der Waals surface area contributed by atoms with E-state index in [9.17, 15) is 26.4 Å². The van der Waals surface area contributed by atoms with Gasteiger partial charge >= 0.3 is 6.18 Å². The van der Waals surface area contributed by atoms with E-state index in [1.165, 1.54) is 17.0 Å². The van der Waals surface area contributed by atoms with Gasteiger partial charge in [0.1, 0.15) is 0 Å². The second kappa shape index (κ2) is 5.86. The molecular weight excluding hydrogens is 297 g/mol. The van der Waals surface area contributed by atoms with Crippen LogP contribution in [0.3, 0.4) is 0 Å². The second-order valence-corrected chi connectivity index (χ2v) is 6.28. The molecule has 0 fully saturated rings. The van der Waals surface area contributed by atoms with Gasteiger partial charge in [-0.25, -0.2) is 13.1 Å². The lowest BCUT2D eigenvalue weighted by Gasteiger charge is -2.16. The number of aryl methyl sites for hydroxylation is 1. The SMILES string of the molecule is CCCc1[nH]ccc1C(=O)NS(=O)(=O)C(C)C(F)(F)F. The van der Waals surface area contributed by atoms with Crippen LogP contribution in [0.5, 0.6) is 0 Å². The van der Waals surface area contributed by atoms with E-state index in [0.29, 0.717) is 25.5 Å². The third-order valence-electron chi connectivity index (χ3n) is 2.74. The largest absolute Gasteiger partial charge is 0.407 e. The smallest absolute Gasteiger partial charge is 0.364 e. The number of carbonyl (C=O) groups excluding carboxylic acids is 1. The molecule has 1 unspecified atom stereocenters. The van der Waals surface area contributed by atoms with Crippen molar-refractivity contribution in [3.63, 3.8) is 0 Å². The average Bonchev–Trinajstić information content (AvgIpc) is 2.75. The molecule has 0 aliphatic carbocycles. The quantitative estimate of drug-likeness (QED) is 0.872. The second-order valence-electron chi connectivity index (χ2n) is 4.28. The molecule has 0 saturated carbocycles. The number of H-pyrrole nitrogens is 1. The monoisotopic (exact) mass is 312 g/mol. The maximum absolute atomic E-state index is 12.4. The minimum absolute atomic E-state index is 0.0322. The molecule has 0 spiro atoms. The van der Waals surface area contributed by atoms with Crippen LogP contribution in [-0.2, 0) is 16.4 Å². The maximum atomic E-state index is 12.4. The normalized spacial score (nSPS) is 14.1. The van der Waals surface area contributed by atoms with E-state index in [0.717, 1.165) is 0 Å². The Morgan fingerprint density at radius 2 is 2.05 bits per heavy atom. The van der Waals surface area contributed by atoms with Crippen molar-refractivity contribution in [1.82, 2.24) is 9.71 Å². The molecule has 1 atom stereocenters. The zero-order chi connectivity index (χ0) is 15.6. The first-order valence-electron chi connectivity index (χ1n) is 5.88. The molecular formula is C11H15F3N2O3S. The minimum Gasteiger partial charge on any atom is -0.364 e. The summed E-state index contributed by atoms with van der Waals surface area (Å²) in [4.78, 5) is 14.5. The fourth-order valence-corrected chi connectivity index (χ4v) is 2.42. The van der Waals surface area contributed by atoms with Crippen molar-refractivity contribution in [2.24, 2.45) is 0 Å². The molecule has 9 heteroatoms. The van der Waals surface area contributed by atoms with Gasteiger partial charge < -0.3 is 4.98 Å². The molecule has 1 aromatic rings. The molecule has 1 rings (SSSR count). The minimum atomic E-state index is -4.93. The molecule has 5 nitrogen and oxygen atoms in total. The Bertz CT molecular complexity index is 578. The first-order chi connectivity index (χ1) is 9.09. The number of rotatable bonds is 5. The van der Waals surface area contributed by atoms with Crippen molar-refractivity contribution in [3.8, 4) is 0 Å². The van der Waals surface area contributed by atoms with Crippen LogP contribution in [-0.4, -0.2) is 30.7 Å². The van der Waals surface area contributed by atoms with Crippen LogP contribution >= 0.6 is 0 Å². The van der Waals surface area contributed by atoms with Gasteiger partial charge in [-0.3, -0.25) is 4.79 Å². The van der Waals surface area contributed by atoms with Crippen LogP contribution in [0.15, 0.2) is 12.3 Å². The fourth-order valence-electron chi connectivity index (χ4n) is 1.52. The number of aromatic amines is 1. The summed E-state index contributed by atoms with van der Waals surface area (Å²) < 4.78 is 61.6. The highest BCUT2D eigenvalue weighted by Gasteiger charge is 2.46. The summed E-state index contributed by atoms with van der Waals surface area (Å²) in [6.07, 6.45) is -2.31. The van der Waals surface area contributed by atoms with Crippen molar-refractivity contribution in [2.75, 3.05) is 0 Å². The summed E-state index contributed by atoms with van der Waals surface area (Å²) in [5.41, 5.74) is 0.518. The summed E-state index contributed by atoms with van der Waals surface area (Å²) in [5.74, 6) is -1.06. The van der Waals surface area contributed by atoms with E-state index in [-0.39, 0.29) is 5.56 Å². The molecule has 114 valence electrons. The molecule has 0 saturated heterocycles. The van der Waals surface area contributed by atoms with Crippen LogP contribution in [0, 0.1) is 0 Å². The predicted molar refractivity (Wildman–Crippen MR) is 66.7 cm³/mol. The van der Waals surface area contributed by atoms with Gasteiger partial charge in [0.2, 0.25) is 10.0 Å². The highest BCUT2D eigenvalue weighted by molar-refractivity contribution is 7.90. The molecule has 0 radical (unpaired) electrons. The molecule has 1 amide bonds. The lowest BCUT2D eigenvalue weighted by Crippen LogP contribution is -2.44.